The van der Waals surface area contributed by atoms with Crippen LogP contribution in [0.1, 0.15) is 32.1 Å². The lowest BCUT2D eigenvalue weighted by atomic mass is 9.98. The van der Waals surface area contributed by atoms with Crippen LogP contribution in [0.4, 0.5) is 0 Å². The third-order valence-corrected chi connectivity index (χ3v) is 3.73. The van der Waals surface area contributed by atoms with E-state index in [2.05, 4.69) is 10.6 Å². The first kappa shape index (κ1) is 11.9. The maximum absolute atomic E-state index is 12.0. The Bertz CT molecular complexity index is 239. The number of ether oxygens (including phenoxy) is 1. The van der Waals surface area contributed by atoms with Crippen LogP contribution in [0, 0.1) is 5.92 Å². The van der Waals surface area contributed by atoms with E-state index in [4.69, 9.17) is 4.74 Å². The van der Waals surface area contributed by atoms with E-state index in [9.17, 15) is 4.79 Å². The third-order valence-electron chi connectivity index (χ3n) is 3.73. The molecule has 16 heavy (non-hydrogen) atoms. The van der Waals surface area contributed by atoms with Crippen molar-refractivity contribution in [3.63, 3.8) is 0 Å². The lowest BCUT2D eigenvalue weighted by Crippen LogP contribution is -2.43. The average Bonchev–Trinajstić information content (AvgIpc) is 2.78. The first-order valence-corrected chi connectivity index (χ1v) is 6.33. The molecule has 3 unspecified atom stereocenters. The Balaban J connectivity index is 1.74. The molecule has 4 nitrogen and oxygen atoms in total. The van der Waals surface area contributed by atoms with Gasteiger partial charge in [-0.3, -0.25) is 4.79 Å². The minimum absolute atomic E-state index is 0.176. The van der Waals surface area contributed by atoms with Gasteiger partial charge in [-0.15, -0.1) is 0 Å². The number of methoxy groups -OCH3 is 1. The summed E-state index contributed by atoms with van der Waals surface area (Å²) in [5.41, 5.74) is 0. The van der Waals surface area contributed by atoms with Crippen LogP contribution >= 0.6 is 0 Å². The molecule has 3 atom stereocenters. The van der Waals surface area contributed by atoms with Gasteiger partial charge in [0.25, 0.3) is 0 Å². The Morgan fingerprint density at radius 2 is 2.25 bits per heavy atom. The molecular formula is C12H22N2O2. The smallest absolute Gasteiger partial charge is 0.224 e. The van der Waals surface area contributed by atoms with Crippen molar-refractivity contribution in [1.29, 1.82) is 0 Å². The maximum atomic E-state index is 12.0. The fourth-order valence-electron chi connectivity index (χ4n) is 2.68. The average molecular weight is 226 g/mol. The summed E-state index contributed by atoms with van der Waals surface area (Å²) < 4.78 is 5.30. The highest BCUT2D eigenvalue weighted by Gasteiger charge is 2.28. The van der Waals surface area contributed by atoms with Crippen molar-refractivity contribution in [1.82, 2.24) is 10.6 Å². The number of piperidine rings is 1. The highest BCUT2D eigenvalue weighted by atomic mass is 16.5. The van der Waals surface area contributed by atoms with E-state index in [1.807, 2.05) is 0 Å². The van der Waals surface area contributed by atoms with Crippen molar-refractivity contribution in [3.05, 3.63) is 0 Å². The van der Waals surface area contributed by atoms with Gasteiger partial charge >= 0.3 is 0 Å². The molecule has 0 bridgehead atoms. The molecule has 4 heteroatoms. The van der Waals surface area contributed by atoms with Gasteiger partial charge in [-0.25, -0.2) is 0 Å². The summed E-state index contributed by atoms with van der Waals surface area (Å²) in [7, 11) is 1.75. The number of rotatable bonds is 3. The molecule has 0 aromatic carbocycles. The van der Waals surface area contributed by atoms with Gasteiger partial charge in [0.05, 0.1) is 12.0 Å². The summed E-state index contributed by atoms with van der Waals surface area (Å²) in [6.07, 6.45) is 5.59. The topological polar surface area (TPSA) is 50.4 Å². The molecule has 0 spiro atoms. The van der Waals surface area contributed by atoms with E-state index >= 15 is 0 Å². The van der Waals surface area contributed by atoms with E-state index in [1.165, 1.54) is 0 Å². The SMILES string of the molecule is COC1CCC(NC(=O)C2CCCNC2)C1. The van der Waals surface area contributed by atoms with Crippen LogP contribution in [0.2, 0.25) is 0 Å². The Hall–Kier alpha value is -0.610. The second kappa shape index (κ2) is 5.64. The number of hydrogen-bond acceptors (Lipinski definition) is 3. The van der Waals surface area contributed by atoms with Crippen molar-refractivity contribution in [2.45, 2.75) is 44.2 Å². The Kier molecular flexibility index (Phi) is 4.18. The first-order valence-electron chi connectivity index (χ1n) is 6.33. The summed E-state index contributed by atoms with van der Waals surface area (Å²) in [4.78, 5) is 12.0. The molecule has 1 saturated carbocycles. The quantitative estimate of drug-likeness (QED) is 0.743. The molecule has 1 aliphatic carbocycles. The zero-order chi connectivity index (χ0) is 11.4. The summed E-state index contributed by atoms with van der Waals surface area (Å²) >= 11 is 0. The molecule has 92 valence electrons. The maximum Gasteiger partial charge on any atom is 0.224 e. The van der Waals surface area contributed by atoms with Gasteiger partial charge in [-0.1, -0.05) is 0 Å². The normalized spacial score (nSPS) is 34.9. The van der Waals surface area contributed by atoms with E-state index in [-0.39, 0.29) is 11.8 Å². The molecule has 2 fully saturated rings. The monoisotopic (exact) mass is 226 g/mol. The molecule has 1 aliphatic heterocycles. The second-order valence-corrected chi connectivity index (χ2v) is 4.92. The van der Waals surface area contributed by atoms with Crippen LogP contribution in [-0.4, -0.2) is 38.3 Å². The van der Waals surface area contributed by atoms with E-state index < -0.39 is 0 Å². The molecule has 2 aliphatic rings. The van der Waals surface area contributed by atoms with Crippen LogP contribution in [0.25, 0.3) is 0 Å². The third kappa shape index (κ3) is 2.95. The Labute approximate surface area is 97.1 Å². The predicted molar refractivity (Wildman–Crippen MR) is 62.2 cm³/mol. The molecule has 2 rings (SSSR count). The minimum atomic E-state index is 0.176. The summed E-state index contributed by atoms with van der Waals surface area (Å²) in [5.74, 6) is 0.407. The zero-order valence-electron chi connectivity index (χ0n) is 10.00. The summed E-state index contributed by atoms with van der Waals surface area (Å²) in [6.45, 7) is 1.89. The van der Waals surface area contributed by atoms with E-state index in [1.54, 1.807) is 7.11 Å². The van der Waals surface area contributed by atoms with Crippen LogP contribution in [0.3, 0.4) is 0 Å². The molecule has 0 radical (unpaired) electrons. The minimum Gasteiger partial charge on any atom is -0.381 e. The van der Waals surface area contributed by atoms with Crippen molar-refractivity contribution < 1.29 is 9.53 Å². The van der Waals surface area contributed by atoms with Crippen LogP contribution in [0.5, 0.6) is 0 Å². The number of nitrogens with one attached hydrogen (secondary N) is 2. The van der Waals surface area contributed by atoms with Gasteiger partial charge in [-0.2, -0.15) is 0 Å². The Morgan fingerprint density at radius 1 is 1.38 bits per heavy atom. The van der Waals surface area contributed by atoms with E-state index in [0.29, 0.717) is 12.1 Å². The molecule has 0 aromatic heterocycles. The van der Waals surface area contributed by atoms with Crippen molar-refractivity contribution >= 4 is 5.91 Å². The fraction of sp³-hybridized carbons (Fsp3) is 0.917. The fourth-order valence-corrected chi connectivity index (χ4v) is 2.68. The van der Waals surface area contributed by atoms with Gasteiger partial charge in [0.2, 0.25) is 5.91 Å². The largest absolute Gasteiger partial charge is 0.381 e. The predicted octanol–water partition coefficient (Wildman–Crippen LogP) is 0.670. The van der Waals surface area contributed by atoms with E-state index in [0.717, 1.165) is 45.2 Å². The lowest BCUT2D eigenvalue weighted by Gasteiger charge is -2.23. The van der Waals surface area contributed by atoms with Crippen molar-refractivity contribution in [2.75, 3.05) is 20.2 Å². The van der Waals surface area contributed by atoms with Gasteiger partial charge in [0.1, 0.15) is 0 Å². The zero-order valence-corrected chi connectivity index (χ0v) is 10.00. The highest BCUT2D eigenvalue weighted by Crippen LogP contribution is 2.22. The molecule has 0 aromatic rings. The molecule has 1 saturated heterocycles. The number of carbonyl (C=O) groups is 1. The molecular weight excluding hydrogens is 204 g/mol. The van der Waals surface area contributed by atoms with Crippen LogP contribution in [0.15, 0.2) is 0 Å². The molecule has 1 heterocycles. The number of amides is 1. The van der Waals surface area contributed by atoms with Gasteiger partial charge < -0.3 is 15.4 Å². The summed E-state index contributed by atoms with van der Waals surface area (Å²) in [6, 6.07) is 0.333. The van der Waals surface area contributed by atoms with Gasteiger partial charge in [0, 0.05) is 19.7 Å². The van der Waals surface area contributed by atoms with Gasteiger partial charge in [-0.05, 0) is 38.6 Å². The van der Waals surface area contributed by atoms with Crippen LogP contribution in [-0.2, 0) is 9.53 Å². The lowest BCUT2D eigenvalue weighted by molar-refractivity contribution is -0.126. The first-order chi connectivity index (χ1) is 7.79. The Morgan fingerprint density at radius 3 is 2.88 bits per heavy atom. The molecule has 2 N–H and O–H groups in total. The standard InChI is InChI=1S/C12H22N2O2/c1-16-11-5-4-10(7-11)14-12(15)9-3-2-6-13-8-9/h9-11,13H,2-8H2,1H3,(H,14,15). The number of carbonyl (C=O) groups excluding carboxylic acids is 1. The second-order valence-electron chi connectivity index (χ2n) is 4.92. The highest BCUT2D eigenvalue weighted by molar-refractivity contribution is 5.79. The van der Waals surface area contributed by atoms with Crippen LogP contribution < -0.4 is 10.6 Å². The number of hydrogen-bond donors (Lipinski definition) is 2. The van der Waals surface area contributed by atoms with Crippen molar-refractivity contribution in [2.24, 2.45) is 5.92 Å². The molecule has 1 amide bonds. The summed E-state index contributed by atoms with van der Waals surface area (Å²) in [5, 5.41) is 6.43. The van der Waals surface area contributed by atoms with Gasteiger partial charge in [0.15, 0.2) is 0 Å². The van der Waals surface area contributed by atoms with Crippen molar-refractivity contribution in [3.8, 4) is 0 Å².